The SMILES string of the molecule is CC.COCC1CN(c2ccc(NC(=O)C3CC3)nc2CN(C)C)CCO1. The molecule has 1 aliphatic heterocycles. The van der Waals surface area contributed by atoms with Crippen molar-refractivity contribution in [1.29, 1.82) is 0 Å². The van der Waals surface area contributed by atoms with Crippen LogP contribution in [0.5, 0.6) is 0 Å². The van der Waals surface area contributed by atoms with Crippen molar-refractivity contribution in [1.82, 2.24) is 9.88 Å². The van der Waals surface area contributed by atoms with Gasteiger partial charge in [-0.1, -0.05) is 13.8 Å². The maximum atomic E-state index is 12.0. The number of anilines is 2. The second-order valence-electron chi connectivity index (χ2n) is 7.06. The molecule has 1 aromatic heterocycles. The Balaban J connectivity index is 0.00000126. The zero-order valence-corrected chi connectivity index (χ0v) is 17.3. The monoisotopic (exact) mass is 378 g/mol. The van der Waals surface area contributed by atoms with Gasteiger partial charge in [-0.25, -0.2) is 4.98 Å². The molecule has 7 nitrogen and oxygen atoms in total. The van der Waals surface area contributed by atoms with E-state index in [1.807, 2.05) is 34.0 Å². The van der Waals surface area contributed by atoms with Gasteiger partial charge >= 0.3 is 0 Å². The van der Waals surface area contributed by atoms with Gasteiger partial charge in [0.2, 0.25) is 5.91 Å². The summed E-state index contributed by atoms with van der Waals surface area (Å²) in [4.78, 5) is 21.1. The largest absolute Gasteiger partial charge is 0.382 e. The van der Waals surface area contributed by atoms with Crippen molar-refractivity contribution in [2.24, 2.45) is 5.92 Å². The van der Waals surface area contributed by atoms with Gasteiger partial charge in [0.15, 0.2) is 0 Å². The number of morpholine rings is 1. The third-order valence-electron chi connectivity index (χ3n) is 4.45. The van der Waals surface area contributed by atoms with Crippen molar-refractivity contribution in [3.8, 4) is 0 Å². The Morgan fingerprint density at radius 3 is 2.74 bits per heavy atom. The number of carbonyl (C=O) groups is 1. The van der Waals surface area contributed by atoms with Crippen LogP contribution in [-0.4, -0.2) is 69.4 Å². The zero-order valence-electron chi connectivity index (χ0n) is 17.3. The summed E-state index contributed by atoms with van der Waals surface area (Å²) < 4.78 is 11.0. The first kappa shape index (κ1) is 21.6. The molecular weight excluding hydrogens is 344 g/mol. The average molecular weight is 379 g/mol. The maximum absolute atomic E-state index is 12.0. The summed E-state index contributed by atoms with van der Waals surface area (Å²) in [5, 5.41) is 2.94. The fraction of sp³-hybridized carbons (Fsp3) is 0.700. The van der Waals surface area contributed by atoms with E-state index < -0.39 is 0 Å². The highest BCUT2D eigenvalue weighted by atomic mass is 16.5. The molecule has 7 heteroatoms. The van der Waals surface area contributed by atoms with E-state index in [-0.39, 0.29) is 17.9 Å². The normalized spacial score (nSPS) is 19.5. The van der Waals surface area contributed by atoms with E-state index in [4.69, 9.17) is 14.5 Å². The number of hydrogen-bond acceptors (Lipinski definition) is 6. The summed E-state index contributed by atoms with van der Waals surface area (Å²) in [6, 6.07) is 3.96. The molecule has 3 rings (SSSR count). The summed E-state index contributed by atoms with van der Waals surface area (Å²) in [5.41, 5.74) is 2.07. The van der Waals surface area contributed by atoms with E-state index in [1.54, 1.807) is 7.11 Å². The van der Waals surface area contributed by atoms with Crippen LogP contribution in [0.4, 0.5) is 11.5 Å². The molecule has 152 valence electrons. The van der Waals surface area contributed by atoms with Crippen molar-refractivity contribution < 1.29 is 14.3 Å². The zero-order chi connectivity index (χ0) is 19.8. The summed E-state index contributed by atoms with van der Waals surface area (Å²) in [6.45, 7) is 7.59. The molecule has 1 atom stereocenters. The Bertz CT molecular complexity index is 603. The molecule has 1 unspecified atom stereocenters. The van der Waals surface area contributed by atoms with Gasteiger partial charge in [-0.2, -0.15) is 0 Å². The first-order valence-corrected chi connectivity index (χ1v) is 9.88. The number of rotatable bonds is 7. The maximum Gasteiger partial charge on any atom is 0.228 e. The van der Waals surface area contributed by atoms with Crippen molar-refractivity contribution >= 4 is 17.4 Å². The molecule has 2 heterocycles. The number of pyridine rings is 1. The van der Waals surface area contributed by atoms with Crippen molar-refractivity contribution in [2.45, 2.75) is 39.3 Å². The number of nitrogens with zero attached hydrogens (tertiary/aromatic N) is 3. The molecule has 1 aromatic rings. The van der Waals surface area contributed by atoms with Crippen molar-refractivity contribution in [3.05, 3.63) is 17.8 Å². The molecular formula is C20H34N4O3. The van der Waals surface area contributed by atoms with Gasteiger partial charge in [0.25, 0.3) is 0 Å². The van der Waals surface area contributed by atoms with Crippen LogP contribution in [0.25, 0.3) is 0 Å². The van der Waals surface area contributed by atoms with Crippen LogP contribution in [0.15, 0.2) is 12.1 Å². The molecule has 2 aliphatic rings. The Kier molecular flexibility index (Phi) is 8.47. The number of hydrogen-bond donors (Lipinski definition) is 1. The average Bonchev–Trinajstić information content (AvgIpc) is 3.49. The first-order chi connectivity index (χ1) is 13.1. The predicted molar refractivity (Wildman–Crippen MR) is 108 cm³/mol. The minimum absolute atomic E-state index is 0.0696. The van der Waals surface area contributed by atoms with E-state index in [1.165, 1.54) is 0 Å². The highest BCUT2D eigenvalue weighted by Gasteiger charge is 2.30. The summed E-state index contributed by atoms with van der Waals surface area (Å²) in [6.07, 6.45) is 2.05. The number of aromatic nitrogens is 1. The standard InChI is InChI=1S/C18H28N4O3.C2H6/c1-21(2)11-15-16(22-8-9-25-14(10-22)12-24-3)6-7-17(19-15)20-18(23)13-4-5-13;1-2/h6-7,13-14H,4-5,8-12H2,1-3H3,(H,19,20,23);1-2H3. The van der Waals surface area contributed by atoms with Gasteiger partial charge in [-0.05, 0) is 39.1 Å². The number of carbonyl (C=O) groups excluding carboxylic acids is 1. The quantitative estimate of drug-likeness (QED) is 0.786. The van der Waals surface area contributed by atoms with Crippen LogP contribution in [-0.2, 0) is 20.8 Å². The van der Waals surface area contributed by atoms with Gasteiger partial charge in [-0.3, -0.25) is 4.79 Å². The molecule has 1 aliphatic carbocycles. The minimum Gasteiger partial charge on any atom is -0.382 e. The highest BCUT2D eigenvalue weighted by molar-refractivity contribution is 5.93. The Hall–Kier alpha value is -1.70. The summed E-state index contributed by atoms with van der Waals surface area (Å²) in [7, 11) is 5.74. The van der Waals surface area contributed by atoms with Gasteiger partial charge in [0, 0.05) is 32.7 Å². The fourth-order valence-electron chi connectivity index (χ4n) is 3.07. The van der Waals surface area contributed by atoms with Crippen LogP contribution in [0, 0.1) is 5.92 Å². The lowest BCUT2D eigenvalue weighted by molar-refractivity contribution is -0.117. The third-order valence-corrected chi connectivity index (χ3v) is 4.45. The van der Waals surface area contributed by atoms with Crippen LogP contribution in [0.2, 0.25) is 0 Å². The van der Waals surface area contributed by atoms with Crippen LogP contribution < -0.4 is 10.2 Å². The molecule has 0 bridgehead atoms. The molecule has 1 saturated carbocycles. The fourth-order valence-corrected chi connectivity index (χ4v) is 3.07. The molecule has 1 saturated heterocycles. The Morgan fingerprint density at radius 2 is 2.11 bits per heavy atom. The van der Waals surface area contributed by atoms with Crippen molar-refractivity contribution in [2.75, 3.05) is 57.7 Å². The topological polar surface area (TPSA) is 66.9 Å². The Morgan fingerprint density at radius 1 is 1.37 bits per heavy atom. The number of amides is 1. The minimum atomic E-state index is 0.0696. The molecule has 1 amide bonds. The molecule has 0 spiro atoms. The second kappa shape index (κ2) is 10.6. The number of ether oxygens (including phenoxy) is 2. The first-order valence-electron chi connectivity index (χ1n) is 9.88. The molecule has 27 heavy (non-hydrogen) atoms. The molecule has 1 N–H and O–H groups in total. The lowest BCUT2D eigenvalue weighted by Crippen LogP contribution is -2.45. The summed E-state index contributed by atoms with van der Waals surface area (Å²) in [5.74, 6) is 0.898. The van der Waals surface area contributed by atoms with Crippen LogP contribution >= 0.6 is 0 Å². The van der Waals surface area contributed by atoms with Crippen LogP contribution in [0.1, 0.15) is 32.4 Å². The smallest absolute Gasteiger partial charge is 0.228 e. The van der Waals surface area contributed by atoms with Crippen LogP contribution in [0.3, 0.4) is 0 Å². The molecule has 2 fully saturated rings. The third kappa shape index (κ3) is 6.45. The van der Waals surface area contributed by atoms with E-state index in [2.05, 4.69) is 21.2 Å². The molecule has 0 aromatic carbocycles. The van der Waals surface area contributed by atoms with Gasteiger partial charge < -0.3 is 24.6 Å². The van der Waals surface area contributed by atoms with E-state index in [0.717, 1.165) is 43.9 Å². The van der Waals surface area contributed by atoms with Gasteiger partial charge in [0.05, 0.1) is 30.7 Å². The second-order valence-corrected chi connectivity index (χ2v) is 7.06. The summed E-state index contributed by atoms with van der Waals surface area (Å²) >= 11 is 0. The van der Waals surface area contributed by atoms with Crippen molar-refractivity contribution in [3.63, 3.8) is 0 Å². The molecule has 0 radical (unpaired) electrons. The van der Waals surface area contributed by atoms with Gasteiger partial charge in [-0.15, -0.1) is 0 Å². The lowest BCUT2D eigenvalue weighted by atomic mass is 10.2. The Labute approximate surface area is 163 Å². The predicted octanol–water partition coefficient (Wildman–Crippen LogP) is 2.37. The van der Waals surface area contributed by atoms with Gasteiger partial charge in [0.1, 0.15) is 5.82 Å². The highest BCUT2D eigenvalue weighted by Crippen LogP contribution is 2.30. The van der Waals surface area contributed by atoms with E-state index >= 15 is 0 Å². The lowest BCUT2D eigenvalue weighted by Gasteiger charge is -2.35. The number of nitrogens with one attached hydrogen (secondary N) is 1. The number of methoxy groups -OCH3 is 1. The van der Waals surface area contributed by atoms with E-state index in [9.17, 15) is 4.79 Å². The van der Waals surface area contributed by atoms with E-state index in [0.29, 0.717) is 19.0 Å².